The van der Waals surface area contributed by atoms with Crippen molar-refractivity contribution < 1.29 is 14.0 Å². The van der Waals surface area contributed by atoms with Crippen molar-refractivity contribution in [3.05, 3.63) is 59.4 Å². The lowest BCUT2D eigenvalue weighted by molar-refractivity contribution is -0.142. The summed E-state index contributed by atoms with van der Waals surface area (Å²) in [4.78, 5) is 29.7. The number of carbonyl (C=O) groups is 2. The van der Waals surface area contributed by atoms with Crippen molar-refractivity contribution in [3.63, 3.8) is 0 Å². The number of anilines is 2. The highest BCUT2D eigenvalue weighted by Gasteiger charge is 2.58. The van der Waals surface area contributed by atoms with Gasteiger partial charge in [0, 0.05) is 31.9 Å². The molecule has 0 unspecified atom stereocenters. The van der Waals surface area contributed by atoms with Crippen LogP contribution in [0.1, 0.15) is 24.0 Å². The molecule has 0 spiro atoms. The summed E-state index contributed by atoms with van der Waals surface area (Å²) in [5.41, 5.74) is 2.60. The molecule has 2 aromatic rings. The van der Waals surface area contributed by atoms with E-state index in [-0.39, 0.29) is 17.6 Å². The van der Waals surface area contributed by atoms with Crippen molar-refractivity contribution in [3.8, 4) is 0 Å². The molecule has 1 aliphatic carbocycles. The summed E-state index contributed by atoms with van der Waals surface area (Å²) in [6.07, 6.45) is 1.16. The minimum atomic E-state index is -0.945. The van der Waals surface area contributed by atoms with E-state index in [1.54, 1.807) is 17.0 Å². The first-order chi connectivity index (χ1) is 13.9. The number of nitrogens with one attached hydrogen (secondary N) is 1. The van der Waals surface area contributed by atoms with Crippen LogP contribution in [0.4, 0.5) is 15.8 Å². The maximum atomic E-state index is 14.0. The van der Waals surface area contributed by atoms with Gasteiger partial charge < -0.3 is 15.1 Å². The minimum absolute atomic E-state index is 0.105. The molecular weight excluding hydrogens is 369 g/mol. The van der Waals surface area contributed by atoms with Crippen LogP contribution >= 0.6 is 0 Å². The molecule has 0 radical (unpaired) electrons. The molecule has 0 bridgehead atoms. The topological polar surface area (TPSA) is 52.7 Å². The van der Waals surface area contributed by atoms with Gasteiger partial charge in [0.25, 0.3) is 0 Å². The number of rotatable bonds is 4. The second-order valence-corrected chi connectivity index (χ2v) is 8.07. The number of para-hydroxylation sites is 1. The highest BCUT2D eigenvalue weighted by atomic mass is 19.1. The lowest BCUT2D eigenvalue weighted by atomic mass is 10.0. The number of nitrogens with zero attached hydrogens (tertiary/aromatic N) is 2. The number of hydrogen-bond acceptors (Lipinski definition) is 3. The van der Waals surface area contributed by atoms with Crippen LogP contribution in [0.25, 0.3) is 0 Å². The van der Waals surface area contributed by atoms with Crippen LogP contribution in [-0.2, 0) is 9.59 Å². The first kappa shape index (κ1) is 19.4. The summed E-state index contributed by atoms with van der Waals surface area (Å²) in [7, 11) is 0. The zero-order chi connectivity index (χ0) is 20.6. The van der Waals surface area contributed by atoms with E-state index in [4.69, 9.17) is 0 Å². The summed E-state index contributed by atoms with van der Waals surface area (Å²) in [6.45, 7) is 6.12. The number of amides is 2. The maximum absolute atomic E-state index is 14.0. The molecule has 2 aromatic carbocycles. The Morgan fingerprint density at radius 1 is 0.966 bits per heavy atom. The van der Waals surface area contributed by atoms with E-state index in [2.05, 4.69) is 5.32 Å². The lowest BCUT2D eigenvalue weighted by Crippen LogP contribution is -2.52. The Bertz CT molecular complexity index is 947. The predicted octanol–water partition coefficient (Wildman–Crippen LogP) is 3.51. The van der Waals surface area contributed by atoms with E-state index >= 15 is 0 Å². The van der Waals surface area contributed by atoms with Crippen molar-refractivity contribution in [1.29, 1.82) is 0 Å². The Kier molecular flexibility index (Phi) is 5.03. The molecule has 6 heteroatoms. The summed E-state index contributed by atoms with van der Waals surface area (Å²) in [5.74, 6) is -0.576. The standard InChI is InChI=1S/C23H26FN3O2/c1-16-7-8-18(15-17(16)2)25-21(28)23(9-10-23)22(29)27-13-11-26(12-14-27)20-6-4-3-5-19(20)24/h3-8,15H,9-14H2,1-2H3,(H,25,28). The van der Waals surface area contributed by atoms with Crippen molar-refractivity contribution in [2.45, 2.75) is 26.7 Å². The van der Waals surface area contributed by atoms with Gasteiger partial charge in [-0.15, -0.1) is 0 Å². The predicted molar refractivity (Wildman–Crippen MR) is 111 cm³/mol. The van der Waals surface area contributed by atoms with Crippen LogP contribution in [0.2, 0.25) is 0 Å². The fraction of sp³-hybridized carbons (Fsp3) is 0.391. The van der Waals surface area contributed by atoms with E-state index in [0.717, 1.165) is 16.8 Å². The second-order valence-electron chi connectivity index (χ2n) is 8.07. The second kappa shape index (κ2) is 7.50. The third kappa shape index (κ3) is 3.71. The Morgan fingerprint density at radius 3 is 2.28 bits per heavy atom. The molecule has 1 N–H and O–H groups in total. The highest BCUT2D eigenvalue weighted by molar-refractivity contribution is 6.13. The molecule has 1 aliphatic heterocycles. The number of piperazine rings is 1. The largest absolute Gasteiger partial charge is 0.366 e. The Morgan fingerprint density at radius 2 is 1.66 bits per heavy atom. The van der Waals surface area contributed by atoms with Crippen LogP contribution in [0.3, 0.4) is 0 Å². The van der Waals surface area contributed by atoms with Crippen molar-refractivity contribution in [2.24, 2.45) is 5.41 Å². The van der Waals surface area contributed by atoms with Gasteiger partial charge in [-0.2, -0.15) is 0 Å². The Balaban J connectivity index is 1.40. The van der Waals surface area contributed by atoms with Crippen molar-refractivity contribution in [1.82, 2.24) is 4.90 Å². The van der Waals surface area contributed by atoms with Crippen LogP contribution < -0.4 is 10.2 Å². The van der Waals surface area contributed by atoms with E-state index in [1.807, 2.05) is 43.0 Å². The smallest absolute Gasteiger partial charge is 0.240 e. The average Bonchev–Trinajstić information content (AvgIpc) is 3.53. The molecule has 1 saturated heterocycles. The molecule has 2 amide bonds. The van der Waals surface area contributed by atoms with Gasteiger partial charge in [0.15, 0.2) is 0 Å². The molecule has 0 aromatic heterocycles. The van der Waals surface area contributed by atoms with Gasteiger partial charge in [-0.1, -0.05) is 18.2 Å². The average molecular weight is 395 g/mol. The molecule has 2 aliphatic rings. The molecular formula is C23H26FN3O2. The SMILES string of the molecule is Cc1ccc(NC(=O)C2(C(=O)N3CCN(c4ccccc4F)CC3)CC2)cc1C. The molecule has 1 heterocycles. The molecule has 0 atom stereocenters. The third-order valence-electron chi connectivity index (χ3n) is 6.12. The van der Waals surface area contributed by atoms with Crippen LogP contribution in [-0.4, -0.2) is 42.9 Å². The van der Waals surface area contributed by atoms with Crippen LogP contribution in [0.15, 0.2) is 42.5 Å². The highest BCUT2D eigenvalue weighted by Crippen LogP contribution is 2.48. The summed E-state index contributed by atoms with van der Waals surface area (Å²) in [5, 5.41) is 2.93. The number of carbonyl (C=O) groups excluding carboxylic acids is 2. The number of benzene rings is 2. The zero-order valence-corrected chi connectivity index (χ0v) is 16.9. The van der Waals surface area contributed by atoms with Gasteiger partial charge >= 0.3 is 0 Å². The van der Waals surface area contributed by atoms with Crippen molar-refractivity contribution in [2.75, 3.05) is 36.4 Å². The quantitative estimate of drug-likeness (QED) is 0.806. The minimum Gasteiger partial charge on any atom is -0.366 e. The molecule has 4 rings (SSSR count). The fourth-order valence-corrected chi connectivity index (χ4v) is 3.89. The van der Waals surface area contributed by atoms with Gasteiger partial charge in [0.2, 0.25) is 11.8 Å². The maximum Gasteiger partial charge on any atom is 0.240 e. The number of hydrogen-bond donors (Lipinski definition) is 1. The normalized spacial score (nSPS) is 17.8. The van der Waals surface area contributed by atoms with Crippen molar-refractivity contribution >= 4 is 23.2 Å². The summed E-state index contributed by atoms with van der Waals surface area (Å²) in [6, 6.07) is 12.5. The van der Waals surface area contributed by atoms with E-state index < -0.39 is 5.41 Å². The molecule has 5 nitrogen and oxygen atoms in total. The molecule has 29 heavy (non-hydrogen) atoms. The first-order valence-corrected chi connectivity index (χ1v) is 10.1. The van der Waals surface area contributed by atoms with E-state index in [9.17, 15) is 14.0 Å². The first-order valence-electron chi connectivity index (χ1n) is 10.1. The summed E-state index contributed by atoms with van der Waals surface area (Å²) < 4.78 is 14.0. The number of aryl methyl sites for hydroxylation is 2. The van der Waals surface area contributed by atoms with Gasteiger partial charge in [0.1, 0.15) is 11.2 Å². The van der Waals surface area contributed by atoms with Crippen LogP contribution in [0, 0.1) is 25.1 Å². The molecule has 2 fully saturated rings. The molecule has 152 valence electrons. The van der Waals surface area contributed by atoms with Crippen LogP contribution in [0.5, 0.6) is 0 Å². The Labute approximate surface area is 170 Å². The van der Waals surface area contributed by atoms with E-state index in [1.165, 1.54) is 6.07 Å². The monoisotopic (exact) mass is 395 g/mol. The third-order valence-corrected chi connectivity index (χ3v) is 6.12. The van der Waals surface area contributed by atoms with Gasteiger partial charge in [-0.3, -0.25) is 9.59 Å². The Hall–Kier alpha value is -2.89. The lowest BCUT2D eigenvalue weighted by Gasteiger charge is -2.37. The van der Waals surface area contributed by atoms with Gasteiger partial charge in [-0.25, -0.2) is 4.39 Å². The molecule has 1 saturated carbocycles. The van der Waals surface area contributed by atoms with Gasteiger partial charge in [0.05, 0.1) is 5.69 Å². The number of halogens is 1. The fourth-order valence-electron chi connectivity index (χ4n) is 3.89. The zero-order valence-electron chi connectivity index (χ0n) is 16.9. The van der Waals surface area contributed by atoms with Gasteiger partial charge in [-0.05, 0) is 62.1 Å². The summed E-state index contributed by atoms with van der Waals surface area (Å²) >= 11 is 0. The van der Waals surface area contributed by atoms with E-state index in [0.29, 0.717) is 44.7 Å².